The molecule has 2 aromatic heterocycles. The molecule has 3 fully saturated rings. The Balaban J connectivity index is 0.000000165. The summed E-state index contributed by atoms with van der Waals surface area (Å²) in [5, 5.41) is 0. The second kappa shape index (κ2) is 16.3. The topological polar surface area (TPSA) is 152 Å². The van der Waals surface area contributed by atoms with E-state index < -0.39 is 32.3 Å². The van der Waals surface area contributed by atoms with E-state index in [1.807, 2.05) is 107 Å². The van der Waals surface area contributed by atoms with Gasteiger partial charge in [0.05, 0.1) is 38.1 Å². The molecule has 0 saturated carbocycles. The minimum atomic E-state index is -0.516. The first-order chi connectivity index (χ1) is 25.9. The average molecular weight is 831 g/mol. The highest BCUT2D eigenvalue weighted by Gasteiger charge is 2.63. The second-order valence-corrected chi connectivity index (χ2v) is 17.7. The van der Waals surface area contributed by atoms with Gasteiger partial charge in [-0.1, -0.05) is 6.07 Å². The summed E-state index contributed by atoms with van der Waals surface area (Å²) in [7, 11) is -1.47. The zero-order valence-electron chi connectivity index (χ0n) is 34.5. The molecule has 0 radical (unpaired) electrons. The van der Waals surface area contributed by atoms with Crippen molar-refractivity contribution in [3.8, 4) is 23.3 Å². The molecule has 56 heavy (non-hydrogen) atoms. The van der Waals surface area contributed by atoms with Crippen molar-refractivity contribution < 1.29 is 37.4 Å². The number of hydrogen-bond donors (Lipinski definition) is 2. The molecule has 5 heterocycles. The fraction of sp³-hybridized carbons (Fsp3) is 0.450. The minimum Gasteiger partial charge on any atom is -0.439 e. The maximum absolute atomic E-state index is 6.09. The molecule has 4 aromatic rings. The molecule has 0 amide bonds. The van der Waals surface area contributed by atoms with Crippen LogP contribution in [0.5, 0.6) is 23.3 Å². The normalized spacial score (nSPS) is 20.7. The summed E-state index contributed by atoms with van der Waals surface area (Å²) in [6, 6.07) is 21.8. The van der Waals surface area contributed by atoms with Crippen molar-refractivity contribution in [2.75, 3.05) is 11.5 Å². The standard InChI is InChI=1S/C17H21BN2O3.C12H24B2O4.C11H9BrN2O/c1-16(2)17(3,4)23-18(22-16)14-6-5-11-20-15(14)21-13-9-7-12(19)8-10-13;1-9(2)10(3,4)16-13(15-9)14-17-11(5,6)12(7,8)18-14;12-10-2-1-7-14-11(10)15-9-5-3-8(13)4-6-9/h5-11H,19H2,1-4H3;1-8H3;1-7H,13H2. The van der Waals surface area contributed by atoms with Crippen LogP contribution in [0.1, 0.15) is 83.1 Å². The Morgan fingerprint density at radius 1 is 0.482 bits per heavy atom. The predicted molar refractivity (Wildman–Crippen MR) is 226 cm³/mol. The number of nitrogen functional groups attached to an aromatic ring is 2. The molecule has 3 aliphatic heterocycles. The molecule has 3 aliphatic rings. The summed E-state index contributed by atoms with van der Waals surface area (Å²) in [5.41, 5.74) is 11.2. The Morgan fingerprint density at radius 3 is 1.21 bits per heavy atom. The van der Waals surface area contributed by atoms with Crippen LogP contribution >= 0.6 is 15.9 Å². The lowest BCUT2D eigenvalue weighted by Gasteiger charge is -2.32. The molecule has 298 valence electrons. The third-order valence-electron chi connectivity index (χ3n) is 11.0. The predicted octanol–water partition coefficient (Wildman–Crippen LogP) is 8.22. The molecule has 0 unspecified atom stereocenters. The molecule has 0 bridgehead atoms. The van der Waals surface area contributed by atoms with E-state index >= 15 is 0 Å². The second-order valence-electron chi connectivity index (χ2n) is 16.9. The van der Waals surface area contributed by atoms with Crippen molar-refractivity contribution in [2.24, 2.45) is 0 Å². The van der Waals surface area contributed by atoms with Crippen molar-refractivity contribution in [3.63, 3.8) is 0 Å². The quantitative estimate of drug-likeness (QED) is 0.142. The molecule has 2 aromatic carbocycles. The zero-order chi connectivity index (χ0) is 41.3. The van der Waals surface area contributed by atoms with Gasteiger partial charge >= 0.3 is 21.1 Å². The summed E-state index contributed by atoms with van der Waals surface area (Å²) in [4.78, 5) is 8.42. The molecule has 12 nitrogen and oxygen atoms in total. The van der Waals surface area contributed by atoms with Crippen LogP contribution in [0.2, 0.25) is 0 Å². The van der Waals surface area contributed by atoms with E-state index in [2.05, 4.69) is 25.9 Å². The van der Waals surface area contributed by atoms with Gasteiger partial charge in [-0.15, -0.1) is 0 Å². The molecule has 4 N–H and O–H groups in total. The van der Waals surface area contributed by atoms with Gasteiger partial charge in [0.1, 0.15) is 11.5 Å². The van der Waals surface area contributed by atoms with Crippen LogP contribution in [0.15, 0.2) is 89.7 Å². The Labute approximate surface area is 341 Å². The van der Waals surface area contributed by atoms with Gasteiger partial charge in [-0.2, -0.15) is 0 Å². The van der Waals surface area contributed by atoms with Gasteiger partial charge in [-0.3, -0.25) is 0 Å². The maximum Gasteiger partial charge on any atom is 0.500 e. The van der Waals surface area contributed by atoms with Crippen LogP contribution in [-0.2, 0) is 27.9 Å². The molecule has 0 aliphatic carbocycles. The maximum atomic E-state index is 6.09. The first-order valence-corrected chi connectivity index (χ1v) is 19.4. The van der Waals surface area contributed by atoms with Gasteiger partial charge in [0.25, 0.3) is 0 Å². The number of anilines is 2. The zero-order valence-corrected chi connectivity index (χ0v) is 36.1. The number of halogens is 1. The highest BCUT2D eigenvalue weighted by atomic mass is 79.9. The number of nitrogens with zero attached hydrogens (tertiary/aromatic N) is 2. The van der Waals surface area contributed by atoms with Gasteiger partial charge in [-0.25, -0.2) is 9.97 Å². The lowest BCUT2D eigenvalue weighted by Crippen LogP contribution is -2.41. The van der Waals surface area contributed by atoms with Crippen molar-refractivity contribution in [1.29, 1.82) is 0 Å². The fourth-order valence-electron chi connectivity index (χ4n) is 5.38. The van der Waals surface area contributed by atoms with Crippen molar-refractivity contribution in [2.45, 2.75) is 117 Å². The number of benzene rings is 2. The largest absolute Gasteiger partial charge is 0.500 e. The molecule has 0 atom stereocenters. The molecular formula is C40H54B3BrN4O8. The number of ether oxygens (including phenoxy) is 2. The van der Waals surface area contributed by atoms with Crippen LogP contribution in [0.25, 0.3) is 0 Å². The Hall–Kier alpha value is -3.63. The van der Waals surface area contributed by atoms with Crippen LogP contribution < -0.4 is 26.4 Å². The number of nitrogens with two attached hydrogens (primary N) is 2. The number of pyridine rings is 2. The van der Waals surface area contributed by atoms with Crippen LogP contribution in [0.3, 0.4) is 0 Å². The lowest BCUT2D eigenvalue weighted by molar-refractivity contribution is 0.00578. The minimum absolute atomic E-state index is 0.360. The van der Waals surface area contributed by atoms with Gasteiger partial charge in [0, 0.05) is 29.2 Å². The van der Waals surface area contributed by atoms with Crippen LogP contribution in [-0.4, -0.2) is 64.7 Å². The van der Waals surface area contributed by atoms with Crippen molar-refractivity contribution in [3.05, 3.63) is 89.7 Å². The summed E-state index contributed by atoms with van der Waals surface area (Å²) >= 11 is 3.36. The van der Waals surface area contributed by atoms with Crippen molar-refractivity contribution >= 4 is 53.9 Å². The molecular weight excluding hydrogens is 777 g/mol. The number of rotatable bonds is 6. The monoisotopic (exact) mass is 830 g/mol. The van der Waals surface area contributed by atoms with E-state index in [0.29, 0.717) is 34.6 Å². The Morgan fingerprint density at radius 2 is 0.821 bits per heavy atom. The average Bonchev–Trinajstić information content (AvgIpc) is 3.57. The van der Waals surface area contributed by atoms with Crippen LogP contribution in [0, 0.1) is 0 Å². The van der Waals surface area contributed by atoms with Crippen molar-refractivity contribution in [1.82, 2.24) is 9.97 Å². The summed E-state index contributed by atoms with van der Waals surface area (Å²) in [5.74, 6) is 2.39. The number of hydrogen-bond acceptors (Lipinski definition) is 12. The molecule has 7 rings (SSSR count). The smallest absolute Gasteiger partial charge is 0.439 e. The van der Waals surface area contributed by atoms with Gasteiger partial charge in [0.2, 0.25) is 11.8 Å². The van der Waals surface area contributed by atoms with E-state index in [-0.39, 0.29) is 22.4 Å². The van der Waals surface area contributed by atoms with Crippen LogP contribution in [0.4, 0.5) is 11.4 Å². The molecule has 16 heteroatoms. The SMILES string of the molecule is CC1(C)OB(B2OC(C)(C)C(C)(C)O2)OC1(C)C.CC1(C)OB(c2cccnc2Oc2ccc(N)cc2)OC1(C)C.Nc1ccc(Oc2ncccc2Br)cc1. The first-order valence-electron chi connectivity index (χ1n) is 18.6. The third kappa shape index (κ3) is 9.90. The van der Waals surface area contributed by atoms with E-state index in [4.69, 9.17) is 48.9 Å². The highest BCUT2D eigenvalue weighted by Crippen LogP contribution is 2.43. The van der Waals surface area contributed by atoms with E-state index in [1.54, 1.807) is 60.9 Å². The first kappa shape index (κ1) is 43.5. The summed E-state index contributed by atoms with van der Waals surface area (Å²) < 4.78 is 48.3. The Bertz CT molecular complexity index is 1870. The van der Waals surface area contributed by atoms with Gasteiger partial charge in [-0.05, 0) is 166 Å². The molecule has 0 spiro atoms. The third-order valence-corrected chi connectivity index (χ3v) is 11.6. The summed E-state index contributed by atoms with van der Waals surface area (Å²) in [6.45, 7) is 24.3. The van der Waals surface area contributed by atoms with Gasteiger partial charge < -0.3 is 48.9 Å². The lowest BCUT2D eigenvalue weighted by atomic mass is 9.49. The van der Waals surface area contributed by atoms with E-state index in [9.17, 15) is 0 Å². The highest BCUT2D eigenvalue weighted by molar-refractivity contribution is 9.10. The Kier molecular flexibility index (Phi) is 12.7. The van der Waals surface area contributed by atoms with E-state index in [0.717, 1.165) is 9.94 Å². The van der Waals surface area contributed by atoms with E-state index in [1.165, 1.54) is 0 Å². The number of aromatic nitrogens is 2. The fourth-order valence-corrected chi connectivity index (χ4v) is 5.71. The van der Waals surface area contributed by atoms with Gasteiger partial charge in [0.15, 0.2) is 0 Å². The summed E-state index contributed by atoms with van der Waals surface area (Å²) in [6.07, 6.45) is 3.36. The molecule has 3 saturated heterocycles.